The predicted octanol–water partition coefficient (Wildman–Crippen LogP) is 4.17. The van der Waals surface area contributed by atoms with Crippen LogP contribution in [-0.4, -0.2) is 45.7 Å². The summed E-state index contributed by atoms with van der Waals surface area (Å²) < 4.78 is 31.6. The van der Waals surface area contributed by atoms with Crippen molar-refractivity contribution in [2.45, 2.75) is 26.8 Å². The lowest BCUT2D eigenvalue weighted by molar-refractivity contribution is 0.220. The smallest absolute Gasteiger partial charge is 0.264 e. The molecule has 2 aromatic carbocycles. The first-order chi connectivity index (χ1) is 17.7. The highest BCUT2D eigenvalue weighted by atomic mass is 32.2. The van der Waals surface area contributed by atoms with E-state index in [1.807, 2.05) is 34.3 Å². The van der Waals surface area contributed by atoms with Gasteiger partial charge in [-0.05, 0) is 41.5 Å². The molecule has 0 saturated heterocycles. The van der Waals surface area contributed by atoms with Crippen LogP contribution in [-0.2, 0) is 27.3 Å². The Bertz CT molecular complexity index is 1660. The molecule has 0 aliphatic heterocycles. The average molecular weight is 519 g/mol. The Hall–Kier alpha value is -3.76. The summed E-state index contributed by atoms with van der Waals surface area (Å²) in [4.78, 5) is 4.23. The number of hydrogen-bond donors (Lipinski definition) is 1. The summed E-state index contributed by atoms with van der Waals surface area (Å²) >= 11 is 0. The fourth-order valence-corrected chi connectivity index (χ4v) is 4.97. The molecule has 0 aliphatic carbocycles. The number of anilines is 1. The lowest BCUT2D eigenvalue weighted by Gasteiger charge is -2.19. The normalized spacial score (nSPS) is 13.8. The number of rotatable bonds is 9. The number of nitrogen functional groups attached to an aromatic ring is 1. The lowest BCUT2D eigenvalue weighted by Crippen LogP contribution is -2.19. The Labute approximate surface area is 216 Å². The highest BCUT2D eigenvalue weighted by Crippen LogP contribution is 2.33. The summed E-state index contributed by atoms with van der Waals surface area (Å²) in [5.41, 5.74) is 12.0. The van der Waals surface area contributed by atoms with Crippen LogP contribution in [0, 0.1) is 11.8 Å². The number of aromatic nitrogens is 5. The van der Waals surface area contributed by atoms with E-state index in [0.717, 1.165) is 39.5 Å². The Kier molecular flexibility index (Phi) is 6.70. The quantitative estimate of drug-likeness (QED) is 0.291. The van der Waals surface area contributed by atoms with Crippen LogP contribution >= 0.6 is 0 Å². The average Bonchev–Trinajstić information content (AvgIpc) is 3.43. The molecule has 5 rings (SSSR count). The highest BCUT2D eigenvalue weighted by molar-refractivity contribution is 7.85. The van der Waals surface area contributed by atoms with Crippen LogP contribution in [0.2, 0.25) is 0 Å². The van der Waals surface area contributed by atoms with E-state index in [4.69, 9.17) is 15.0 Å². The first kappa shape index (κ1) is 24.9. The van der Waals surface area contributed by atoms with Crippen LogP contribution in [0.1, 0.15) is 25.1 Å². The molecule has 0 aliphatic rings. The molecule has 3 heterocycles. The number of hydrogen-bond acceptors (Lipinski definition) is 7. The van der Waals surface area contributed by atoms with E-state index in [2.05, 4.69) is 59.6 Å². The molecule has 2 N–H and O–H groups in total. The van der Waals surface area contributed by atoms with Crippen molar-refractivity contribution in [2.24, 2.45) is 11.8 Å². The maximum atomic E-state index is 11.4. The van der Waals surface area contributed by atoms with Gasteiger partial charge in [-0.1, -0.05) is 56.3 Å². The van der Waals surface area contributed by atoms with Crippen LogP contribution in [0.25, 0.3) is 27.5 Å². The lowest BCUT2D eigenvalue weighted by atomic mass is 9.92. The molecule has 0 bridgehead atoms. The molecule has 0 radical (unpaired) electrons. The predicted molar refractivity (Wildman–Crippen MR) is 144 cm³/mol. The third kappa shape index (κ3) is 5.50. The van der Waals surface area contributed by atoms with Gasteiger partial charge in [0.2, 0.25) is 0 Å². The largest absolute Gasteiger partial charge is 0.382 e. The maximum absolute atomic E-state index is 11.4. The van der Waals surface area contributed by atoms with Crippen molar-refractivity contribution < 1.29 is 12.6 Å². The molecule has 2 atom stereocenters. The summed E-state index contributed by atoms with van der Waals surface area (Å²) in [5.74, 6) is 0.556. The maximum Gasteiger partial charge on any atom is 0.264 e. The zero-order valence-corrected chi connectivity index (χ0v) is 21.9. The van der Waals surface area contributed by atoms with E-state index in [9.17, 15) is 8.42 Å². The zero-order valence-electron chi connectivity index (χ0n) is 21.1. The van der Waals surface area contributed by atoms with Crippen LogP contribution < -0.4 is 5.73 Å². The minimum atomic E-state index is -3.48. The van der Waals surface area contributed by atoms with Gasteiger partial charge < -0.3 is 5.73 Å². The molecule has 0 fully saturated rings. The Balaban J connectivity index is 1.47. The van der Waals surface area contributed by atoms with Crippen molar-refractivity contribution in [3.63, 3.8) is 0 Å². The first-order valence-corrected chi connectivity index (χ1v) is 14.0. The second-order valence-corrected chi connectivity index (χ2v) is 11.3. The van der Waals surface area contributed by atoms with Gasteiger partial charge in [-0.2, -0.15) is 18.6 Å². The fraction of sp³-hybridized carbons (Fsp3) is 0.296. The molecule has 5 aromatic rings. The molecule has 0 spiro atoms. The first-order valence-electron chi connectivity index (χ1n) is 12.1. The molecule has 10 heteroatoms. The summed E-state index contributed by atoms with van der Waals surface area (Å²) in [7, 11) is -3.48. The Morgan fingerprint density at radius 2 is 1.84 bits per heavy atom. The minimum Gasteiger partial charge on any atom is -0.382 e. The monoisotopic (exact) mass is 518 g/mol. The molecule has 9 nitrogen and oxygen atoms in total. The molecule has 0 unspecified atom stereocenters. The standard InChI is InChI=1S/C27H30N6O3S/c1-18(19(2)16-36-37(3,34)35)11-23-13-24(26-27(28)29-17-30-33(23)26)21-9-10-22-15-32(31-25(22)12-21)14-20-7-5-4-6-8-20/h4-10,12-13,15,17-19H,11,14,16H2,1-3H3,(H2,28,29,30)/t18-,19+/m0/s1. The van der Waals surface area contributed by atoms with Gasteiger partial charge in [0.25, 0.3) is 10.1 Å². The SMILES string of the molecule is C[C@H](COS(C)(=O)=O)[C@@H](C)Cc1cc(-c2ccc3cn(Cc4ccccc4)nc3c2)c2c(N)ncnn12. The fourth-order valence-electron chi connectivity index (χ4n) is 4.51. The van der Waals surface area contributed by atoms with Crippen molar-refractivity contribution in [3.05, 3.63) is 78.4 Å². The van der Waals surface area contributed by atoms with E-state index >= 15 is 0 Å². The van der Waals surface area contributed by atoms with Gasteiger partial charge in [-0.3, -0.25) is 8.86 Å². The summed E-state index contributed by atoms with van der Waals surface area (Å²) in [6.45, 7) is 4.89. The third-order valence-corrected chi connectivity index (χ3v) is 7.32. The van der Waals surface area contributed by atoms with E-state index in [1.165, 1.54) is 11.9 Å². The van der Waals surface area contributed by atoms with Crippen molar-refractivity contribution in [1.29, 1.82) is 0 Å². The Morgan fingerprint density at radius 1 is 1.05 bits per heavy atom. The number of fused-ring (bicyclic) bond motifs is 2. The second kappa shape index (κ2) is 9.95. The van der Waals surface area contributed by atoms with Gasteiger partial charge in [-0.25, -0.2) is 9.50 Å². The zero-order chi connectivity index (χ0) is 26.2. The van der Waals surface area contributed by atoms with Crippen LogP contribution in [0.15, 0.2) is 67.1 Å². The summed E-state index contributed by atoms with van der Waals surface area (Å²) in [6.07, 6.45) is 5.23. The van der Waals surface area contributed by atoms with Crippen molar-refractivity contribution in [2.75, 3.05) is 18.6 Å². The molecule has 0 saturated carbocycles. The van der Waals surface area contributed by atoms with E-state index in [0.29, 0.717) is 18.8 Å². The molecular weight excluding hydrogens is 488 g/mol. The van der Waals surface area contributed by atoms with Gasteiger partial charge in [0.05, 0.1) is 24.9 Å². The van der Waals surface area contributed by atoms with Gasteiger partial charge in [0, 0.05) is 22.8 Å². The van der Waals surface area contributed by atoms with Crippen molar-refractivity contribution in [1.82, 2.24) is 24.4 Å². The molecule has 3 aromatic heterocycles. The van der Waals surface area contributed by atoms with Gasteiger partial charge >= 0.3 is 0 Å². The summed E-state index contributed by atoms with van der Waals surface area (Å²) in [6, 6.07) is 18.5. The van der Waals surface area contributed by atoms with Gasteiger partial charge in [-0.15, -0.1) is 0 Å². The van der Waals surface area contributed by atoms with Crippen LogP contribution in [0.4, 0.5) is 5.82 Å². The highest BCUT2D eigenvalue weighted by Gasteiger charge is 2.21. The van der Waals surface area contributed by atoms with E-state index in [1.54, 1.807) is 0 Å². The second-order valence-electron chi connectivity index (χ2n) is 9.69. The molecule has 37 heavy (non-hydrogen) atoms. The third-order valence-electron chi connectivity index (χ3n) is 6.76. The minimum absolute atomic E-state index is 0.0211. The molecule has 192 valence electrons. The van der Waals surface area contributed by atoms with Gasteiger partial charge in [0.15, 0.2) is 5.82 Å². The summed E-state index contributed by atoms with van der Waals surface area (Å²) in [5, 5.41) is 10.3. The van der Waals surface area contributed by atoms with Crippen molar-refractivity contribution in [3.8, 4) is 11.1 Å². The number of benzene rings is 2. The molecular formula is C27H30N6O3S. The Morgan fingerprint density at radius 3 is 2.59 bits per heavy atom. The number of nitrogens with zero attached hydrogens (tertiary/aromatic N) is 5. The van der Waals surface area contributed by atoms with E-state index in [-0.39, 0.29) is 18.4 Å². The number of nitrogens with two attached hydrogens (primary N) is 1. The van der Waals surface area contributed by atoms with Crippen LogP contribution in [0.5, 0.6) is 0 Å². The van der Waals surface area contributed by atoms with Gasteiger partial charge in [0.1, 0.15) is 11.8 Å². The van der Waals surface area contributed by atoms with Crippen LogP contribution in [0.3, 0.4) is 0 Å². The molecule has 0 amide bonds. The topological polar surface area (TPSA) is 117 Å². The van der Waals surface area contributed by atoms with E-state index < -0.39 is 10.1 Å². The van der Waals surface area contributed by atoms with Crippen molar-refractivity contribution >= 4 is 32.4 Å².